The molecule has 120 valence electrons. The summed E-state index contributed by atoms with van der Waals surface area (Å²) >= 11 is 0. The first-order valence-corrected chi connectivity index (χ1v) is 8.04. The summed E-state index contributed by atoms with van der Waals surface area (Å²) in [5, 5.41) is 14.2. The highest BCUT2D eigenvalue weighted by Gasteiger charge is 2.35. The predicted octanol–water partition coefficient (Wildman–Crippen LogP) is 3.13. The third kappa shape index (κ3) is 3.46. The third-order valence-electron chi connectivity index (χ3n) is 4.44. The molecule has 2 aromatic rings. The molecule has 1 aliphatic carbocycles. The van der Waals surface area contributed by atoms with Gasteiger partial charge in [-0.05, 0) is 30.0 Å². The second kappa shape index (κ2) is 6.99. The fourth-order valence-electron chi connectivity index (χ4n) is 3.20. The van der Waals surface area contributed by atoms with Crippen LogP contribution in [0.15, 0.2) is 54.6 Å². The largest absolute Gasteiger partial charge is 0.496 e. The molecule has 3 heteroatoms. The number of aryl methyl sites for hydroxylation is 1. The van der Waals surface area contributed by atoms with Gasteiger partial charge in [-0.2, -0.15) is 0 Å². The zero-order valence-corrected chi connectivity index (χ0v) is 13.5. The van der Waals surface area contributed by atoms with Gasteiger partial charge in [0.2, 0.25) is 0 Å². The van der Waals surface area contributed by atoms with Gasteiger partial charge in [0.05, 0.1) is 7.11 Å². The zero-order valence-electron chi connectivity index (χ0n) is 13.5. The normalized spacial score (nSPS) is 19.9. The molecule has 0 aliphatic heterocycles. The van der Waals surface area contributed by atoms with Gasteiger partial charge in [0, 0.05) is 18.7 Å². The summed E-state index contributed by atoms with van der Waals surface area (Å²) in [7, 11) is 1.68. The number of nitrogens with one attached hydrogen (secondary N) is 1. The SMILES string of the molecule is COc1ccccc1/C=C/CNCC1(O)CCc2ccccc21. The summed E-state index contributed by atoms with van der Waals surface area (Å²) in [6, 6.07) is 16.1. The molecule has 0 spiro atoms. The summed E-state index contributed by atoms with van der Waals surface area (Å²) in [4.78, 5) is 0. The van der Waals surface area contributed by atoms with Gasteiger partial charge >= 0.3 is 0 Å². The molecule has 1 atom stereocenters. The number of fused-ring (bicyclic) bond motifs is 1. The number of ether oxygens (including phenoxy) is 1. The van der Waals surface area contributed by atoms with E-state index in [4.69, 9.17) is 4.74 Å². The highest BCUT2D eigenvalue weighted by Crippen LogP contribution is 2.36. The molecule has 2 N–H and O–H groups in total. The van der Waals surface area contributed by atoms with E-state index in [0.29, 0.717) is 13.1 Å². The third-order valence-corrected chi connectivity index (χ3v) is 4.44. The van der Waals surface area contributed by atoms with Crippen LogP contribution >= 0.6 is 0 Å². The van der Waals surface area contributed by atoms with Gasteiger partial charge < -0.3 is 15.2 Å². The molecule has 0 bridgehead atoms. The molecule has 0 aromatic heterocycles. The maximum atomic E-state index is 10.8. The fraction of sp³-hybridized carbons (Fsp3) is 0.300. The Morgan fingerprint density at radius 1 is 1.17 bits per heavy atom. The van der Waals surface area contributed by atoms with Gasteiger partial charge in [0.15, 0.2) is 0 Å². The number of methoxy groups -OCH3 is 1. The van der Waals surface area contributed by atoms with E-state index in [2.05, 4.69) is 17.5 Å². The Morgan fingerprint density at radius 3 is 2.83 bits per heavy atom. The number of para-hydroxylation sites is 1. The van der Waals surface area contributed by atoms with E-state index in [9.17, 15) is 5.11 Å². The minimum atomic E-state index is -0.741. The van der Waals surface area contributed by atoms with Gasteiger partial charge in [0.1, 0.15) is 11.4 Å². The quantitative estimate of drug-likeness (QED) is 0.806. The molecule has 1 aliphatic rings. The van der Waals surface area contributed by atoms with Crippen molar-refractivity contribution in [1.29, 1.82) is 0 Å². The smallest absolute Gasteiger partial charge is 0.126 e. The minimum absolute atomic E-state index is 0.570. The molecule has 0 amide bonds. The Bertz CT molecular complexity index is 696. The standard InChI is InChI=1S/C20H23NO2/c1-23-19-11-5-3-8-17(19)9-6-14-21-15-20(22)13-12-16-7-2-4-10-18(16)20/h2-11,21-22H,12-15H2,1H3/b9-6+. The van der Waals surface area contributed by atoms with E-state index in [1.165, 1.54) is 5.56 Å². The van der Waals surface area contributed by atoms with Gasteiger partial charge in [-0.15, -0.1) is 0 Å². The van der Waals surface area contributed by atoms with Crippen molar-refractivity contribution in [1.82, 2.24) is 5.32 Å². The second-order valence-corrected chi connectivity index (χ2v) is 5.96. The van der Waals surface area contributed by atoms with Gasteiger partial charge in [-0.3, -0.25) is 0 Å². The second-order valence-electron chi connectivity index (χ2n) is 5.96. The van der Waals surface area contributed by atoms with E-state index < -0.39 is 5.60 Å². The van der Waals surface area contributed by atoms with E-state index in [0.717, 1.165) is 29.7 Å². The van der Waals surface area contributed by atoms with Gasteiger partial charge in [-0.1, -0.05) is 54.6 Å². The summed E-state index contributed by atoms with van der Waals surface area (Å²) < 4.78 is 5.33. The highest BCUT2D eigenvalue weighted by atomic mass is 16.5. The van der Waals surface area contributed by atoms with Crippen LogP contribution in [0.2, 0.25) is 0 Å². The fourth-order valence-corrected chi connectivity index (χ4v) is 3.20. The van der Waals surface area contributed by atoms with Crippen LogP contribution in [0.5, 0.6) is 5.75 Å². The first-order valence-electron chi connectivity index (χ1n) is 8.04. The molecule has 0 radical (unpaired) electrons. The lowest BCUT2D eigenvalue weighted by atomic mass is 9.96. The average Bonchev–Trinajstić information content (AvgIpc) is 2.93. The van der Waals surface area contributed by atoms with Crippen LogP contribution in [0, 0.1) is 0 Å². The van der Waals surface area contributed by atoms with E-state index in [1.54, 1.807) is 7.11 Å². The molecule has 3 nitrogen and oxygen atoms in total. The van der Waals surface area contributed by atoms with Crippen molar-refractivity contribution in [2.24, 2.45) is 0 Å². The Labute approximate surface area is 137 Å². The van der Waals surface area contributed by atoms with Crippen molar-refractivity contribution in [2.75, 3.05) is 20.2 Å². The lowest BCUT2D eigenvalue weighted by Crippen LogP contribution is -2.36. The van der Waals surface area contributed by atoms with E-state index >= 15 is 0 Å². The number of aliphatic hydroxyl groups is 1. The summed E-state index contributed by atoms with van der Waals surface area (Å²) in [6.07, 6.45) is 5.83. The zero-order chi connectivity index (χ0) is 16.1. The maximum absolute atomic E-state index is 10.8. The van der Waals surface area contributed by atoms with Crippen molar-refractivity contribution in [3.63, 3.8) is 0 Å². The van der Waals surface area contributed by atoms with Crippen LogP contribution in [0.1, 0.15) is 23.1 Å². The first-order chi connectivity index (χ1) is 11.2. The Hall–Kier alpha value is -2.10. The summed E-state index contributed by atoms with van der Waals surface area (Å²) in [5.41, 5.74) is 2.65. The van der Waals surface area contributed by atoms with Crippen molar-refractivity contribution < 1.29 is 9.84 Å². The summed E-state index contributed by atoms with van der Waals surface area (Å²) in [6.45, 7) is 1.28. The predicted molar refractivity (Wildman–Crippen MR) is 93.6 cm³/mol. The minimum Gasteiger partial charge on any atom is -0.496 e. The Balaban J connectivity index is 1.55. The Kier molecular flexibility index (Phi) is 4.79. The monoisotopic (exact) mass is 309 g/mol. The molecule has 0 fully saturated rings. The van der Waals surface area contributed by atoms with Crippen LogP contribution in [-0.2, 0) is 12.0 Å². The average molecular weight is 309 g/mol. The van der Waals surface area contributed by atoms with Gasteiger partial charge in [-0.25, -0.2) is 0 Å². The first kappa shape index (κ1) is 15.8. The van der Waals surface area contributed by atoms with Crippen molar-refractivity contribution in [3.05, 3.63) is 71.3 Å². The molecule has 1 unspecified atom stereocenters. The highest BCUT2D eigenvalue weighted by molar-refractivity contribution is 5.57. The molecular weight excluding hydrogens is 286 g/mol. The van der Waals surface area contributed by atoms with E-state index in [1.807, 2.05) is 48.5 Å². The van der Waals surface area contributed by atoms with Crippen LogP contribution in [0.4, 0.5) is 0 Å². The summed E-state index contributed by atoms with van der Waals surface area (Å²) in [5.74, 6) is 0.868. The maximum Gasteiger partial charge on any atom is 0.126 e. The number of hydrogen-bond donors (Lipinski definition) is 2. The molecule has 23 heavy (non-hydrogen) atoms. The van der Waals surface area contributed by atoms with Crippen LogP contribution in [-0.4, -0.2) is 25.3 Å². The van der Waals surface area contributed by atoms with Crippen LogP contribution in [0.3, 0.4) is 0 Å². The number of rotatable bonds is 6. The molecule has 2 aromatic carbocycles. The van der Waals surface area contributed by atoms with Crippen LogP contribution in [0.25, 0.3) is 6.08 Å². The van der Waals surface area contributed by atoms with Gasteiger partial charge in [0.25, 0.3) is 0 Å². The van der Waals surface area contributed by atoms with Crippen molar-refractivity contribution in [3.8, 4) is 5.75 Å². The number of benzene rings is 2. The molecular formula is C20H23NO2. The van der Waals surface area contributed by atoms with Crippen molar-refractivity contribution >= 4 is 6.08 Å². The molecule has 0 saturated carbocycles. The van der Waals surface area contributed by atoms with E-state index in [-0.39, 0.29) is 0 Å². The number of hydrogen-bond acceptors (Lipinski definition) is 3. The lowest BCUT2D eigenvalue weighted by molar-refractivity contribution is 0.0398. The topological polar surface area (TPSA) is 41.5 Å². The lowest BCUT2D eigenvalue weighted by Gasteiger charge is -2.24. The Morgan fingerprint density at radius 2 is 1.96 bits per heavy atom. The van der Waals surface area contributed by atoms with Crippen LogP contribution < -0.4 is 10.1 Å². The molecule has 0 saturated heterocycles. The molecule has 0 heterocycles. The van der Waals surface area contributed by atoms with Crippen molar-refractivity contribution in [2.45, 2.75) is 18.4 Å². The molecule has 3 rings (SSSR count).